The van der Waals surface area contributed by atoms with Crippen LogP contribution in [0, 0.1) is 6.92 Å². The molecule has 0 aliphatic heterocycles. The van der Waals surface area contributed by atoms with E-state index in [0.29, 0.717) is 15.6 Å². The number of carbonyl (C=O) groups is 2. The number of anilines is 1. The predicted molar refractivity (Wildman–Crippen MR) is 181 cm³/mol. The highest BCUT2D eigenvalue weighted by atomic mass is 35.5. The standard InChI is InChI=1S/C34H34Cl3N3O4S/c1-23(2)38-34(42)32(20-25-7-5-4-6-8-25)39(21-26-11-18-30(36)31(37)19-26)33(41)22-40(28-14-12-27(35)13-15-28)45(43,44)29-16-9-24(3)10-17-29/h4-19,23,32H,20-22H2,1-3H3,(H,38,42)/t32-/m0/s1. The summed E-state index contributed by atoms with van der Waals surface area (Å²) in [6.45, 7) is 4.90. The summed E-state index contributed by atoms with van der Waals surface area (Å²) in [6, 6.07) is 25.7. The Labute approximate surface area is 279 Å². The topological polar surface area (TPSA) is 86.8 Å². The molecule has 0 heterocycles. The molecule has 4 aromatic carbocycles. The molecule has 0 aliphatic carbocycles. The number of aryl methyl sites for hydroxylation is 1. The van der Waals surface area contributed by atoms with E-state index >= 15 is 0 Å². The summed E-state index contributed by atoms with van der Waals surface area (Å²) < 4.78 is 29.2. The van der Waals surface area contributed by atoms with Crippen molar-refractivity contribution in [2.45, 2.75) is 50.7 Å². The Balaban J connectivity index is 1.81. The van der Waals surface area contributed by atoms with Crippen LogP contribution >= 0.6 is 34.8 Å². The molecular weight excluding hydrogens is 653 g/mol. The minimum atomic E-state index is -4.22. The number of halogens is 3. The van der Waals surface area contributed by atoms with Crippen LogP contribution in [0.15, 0.2) is 102 Å². The van der Waals surface area contributed by atoms with Crippen molar-refractivity contribution in [3.05, 3.63) is 129 Å². The van der Waals surface area contributed by atoms with E-state index in [2.05, 4.69) is 5.32 Å². The van der Waals surface area contributed by atoms with Gasteiger partial charge in [0.25, 0.3) is 10.0 Å². The van der Waals surface area contributed by atoms with Gasteiger partial charge in [0.2, 0.25) is 11.8 Å². The lowest BCUT2D eigenvalue weighted by Crippen LogP contribution is -2.54. The minimum Gasteiger partial charge on any atom is -0.352 e. The summed E-state index contributed by atoms with van der Waals surface area (Å²) in [4.78, 5) is 29.6. The van der Waals surface area contributed by atoms with Gasteiger partial charge in [-0.15, -0.1) is 0 Å². The van der Waals surface area contributed by atoms with Crippen LogP contribution in [0.3, 0.4) is 0 Å². The molecule has 0 aromatic heterocycles. The van der Waals surface area contributed by atoms with Gasteiger partial charge in [-0.1, -0.05) is 88.9 Å². The van der Waals surface area contributed by atoms with Gasteiger partial charge < -0.3 is 10.2 Å². The smallest absolute Gasteiger partial charge is 0.264 e. The number of benzene rings is 4. The third-order valence-corrected chi connectivity index (χ3v) is 9.82. The number of nitrogens with zero attached hydrogens (tertiary/aromatic N) is 2. The number of rotatable bonds is 12. The lowest BCUT2D eigenvalue weighted by Gasteiger charge is -2.34. The SMILES string of the molecule is Cc1ccc(S(=O)(=O)N(CC(=O)N(Cc2ccc(Cl)c(Cl)c2)[C@@H](Cc2ccccc2)C(=O)NC(C)C)c2ccc(Cl)cc2)cc1. The molecule has 4 rings (SSSR count). The maximum absolute atomic E-state index is 14.5. The Morgan fingerprint density at radius 3 is 2.04 bits per heavy atom. The third-order valence-electron chi connectivity index (χ3n) is 7.04. The first-order chi connectivity index (χ1) is 21.3. The second-order valence-corrected chi connectivity index (χ2v) is 14.1. The molecule has 0 bridgehead atoms. The molecule has 236 valence electrons. The van der Waals surface area contributed by atoms with E-state index in [0.717, 1.165) is 15.4 Å². The van der Waals surface area contributed by atoms with Gasteiger partial charge in [0, 0.05) is 24.0 Å². The molecule has 0 saturated heterocycles. The van der Waals surface area contributed by atoms with Gasteiger partial charge in [0.05, 0.1) is 20.6 Å². The van der Waals surface area contributed by atoms with Gasteiger partial charge in [-0.2, -0.15) is 0 Å². The minimum absolute atomic E-state index is 0.0188. The number of carbonyl (C=O) groups excluding carboxylic acids is 2. The molecular formula is C34H34Cl3N3O4S. The van der Waals surface area contributed by atoms with Crippen LogP contribution in [0.4, 0.5) is 5.69 Å². The van der Waals surface area contributed by atoms with Crippen LogP contribution < -0.4 is 9.62 Å². The zero-order valence-electron chi connectivity index (χ0n) is 25.1. The molecule has 0 radical (unpaired) electrons. The maximum Gasteiger partial charge on any atom is 0.264 e. The fraction of sp³-hybridized carbons (Fsp3) is 0.235. The fourth-order valence-corrected chi connectivity index (χ4v) is 6.60. The molecule has 4 aromatic rings. The molecule has 0 saturated carbocycles. The summed E-state index contributed by atoms with van der Waals surface area (Å²) >= 11 is 18.6. The second kappa shape index (κ2) is 15.1. The molecule has 2 amide bonds. The highest BCUT2D eigenvalue weighted by molar-refractivity contribution is 7.92. The van der Waals surface area contributed by atoms with E-state index in [1.165, 1.54) is 29.2 Å². The molecule has 0 unspecified atom stereocenters. The summed E-state index contributed by atoms with van der Waals surface area (Å²) in [5.74, 6) is -0.965. The number of amides is 2. The van der Waals surface area contributed by atoms with Crippen molar-refractivity contribution >= 4 is 62.3 Å². The quantitative estimate of drug-likeness (QED) is 0.169. The van der Waals surface area contributed by atoms with Crippen LogP contribution in [-0.4, -0.2) is 43.8 Å². The van der Waals surface area contributed by atoms with E-state index in [4.69, 9.17) is 34.8 Å². The van der Waals surface area contributed by atoms with E-state index in [9.17, 15) is 18.0 Å². The van der Waals surface area contributed by atoms with Crippen LogP contribution in [0.2, 0.25) is 15.1 Å². The first-order valence-electron chi connectivity index (χ1n) is 14.3. The first kappa shape index (κ1) is 34.3. The van der Waals surface area contributed by atoms with Gasteiger partial charge in [-0.05, 0) is 80.4 Å². The van der Waals surface area contributed by atoms with Gasteiger partial charge in [0.1, 0.15) is 12.6 Å². The molecule has 11 heteroatoms. The van der Waals surface area contributed by atoms with Crippen molar-refractivity contribution < 1.29 is 18.0 Å². The lowest BCUT2D eigenvalue weighted by molar-refractivity contribution is -0.140. The first-order valence-corrected chi connectivity index (χ1v) is 16.8. The number of nitrogens with one attached hydrogen (secondary N) is 1. The molecule has 1 N–H and O–H groups in total. The zero-order chi connectivity index (χ0) is 32.7. The van der Waals surface area contributed by atoms with Gasteiger partial charge in [-0.3, -0.25) is 13.9 Å². The summed E-state index contributed by atoms with van der Waals surface area (Å²) in [6.07, 6.45) is 0.193. The monoisotopic (exact) mass is 685 g/mol. The Morgan fingerprint density at radius 1 is 0.800 bits per heavy atom. The second-order valence-electron chi connectivity index (χ2n) is 10.9. The highest BCUT2D eigenvalue weighted by Crippen LogP contribution is 2.28. The van der Waals surface area contributed by atoms with Gasteiger partial charge in [0.15, 0.2) is 0 Å². The third kappa shape index (κ3) is 9.01. The van der Waals surface area contributed by atoms with Crippen molar-refractivity contribution in [2.24, 2.45) is 0 Å². The maximum atomic E-state index is 14.5. The van der Waals surface area contributed by atoms with Crippen LogP contribution in [0.1, 0.15) is 30.5 Å². The van der Waals surface area contributed by atoms with Crippen LogP contribution in [-0.2, 0) is 32.6 Å². The summed E-state index contributed by atoms with van der Waals surface area (Å²) in [7, 11) is -4.22. The fourth-order valence-electron chi connectivity index (χ4n) is 4.74. The largest absolute Gasteiger partial charge is 0.352 e. The Morgan fingerprint density at radius 2 is 1.44 bits per heavy atom. The van der Waals surface area contributed by atoms with Crippen molar-refractivity contribution in [3.63, 3.8) is 0 Å². The number of hydrogen-bond acceptors (Lipinski definition) is 4. The summed E-state index contributed by atoms with van der Waals surface area (Å²) in [5.41, 5.74) is 2.58. The number of sulfonamides is 1. The Kier molecular flexibility index (Phi) is 11.6. The van der Waals surface area contributed by atoms with Crippen molar-refractivity contribution in [1.29, 1.82) is 0 Å². The average molecular weight is 687 g/mol. The molecule has 7 nitrogen and oxygen atoms in total. The van der Waals surface area contributed by atoms with Gasteiger partial charge >= 0.3 is 0 Å². The molecule has 1 atom stereocenters. The van der Waals surface area contributed by atoms with E-state index in [1.807, 2.05) is 51.1 Å². The molecule has 0 aliphatic rings. The lowest BCUT2D eigenvalue weighted by atomic mass is 10.0. The Hall–Kier alpha value is -3.56. The normalized spacial score (nSPS) is 12.1. The van der Waals surface area contributed by atoms with Crippen LogP contribution in [0.5, 0.6) is 0 Å². The molecule has 45 heavy (non-hydrogen) atoms. The van der Waals surface area contributed by atoms with E-state index in [1.54, 1.807) is 42.5 Å². The van der Waals surface area contributed by atoms with E-state index < -0.39 is 28.5 Å². The van der Waals surface area contributed by atoms with Crippen molar-refractivity contribution in [2.75, 3.05) is 10.8 Å². The number of hydrogen-bond donors (Lipinski definition) is 1. The van der Waals surface area contributed by atoms with E-state index in [-0.39, 0.29) is 40.5 Å². The summed E-state index contributed by atoms with van der Waals surface area (Å²) in [5, 5.41) is 3.97. The zero-order valence-corrected chi connectivity index (χ0v) is 28.2. The highest BCUT2D eigenvalue weighted by Gasteiger charge is 2.35. The molecule has 0 spiro atoms. The predicted octanol–water partition coefficient (Wildman–Crippen LogP) is 7.32. The Bertz CT molecular complexity index is 1730. The van der Waals surface area contributed by atoms with Gasteiger partial charge in [-0.25, -0.2) is 8.42 Å². The van der Waals surface area contributed by atoms with Crippen LogP contribution in [0.25, 0.3) is 0 Å². The van der Waals surface area contributed by atoms with Crippen molar-refractivity contribution in [1.82, 2.24) is 10.2 Å². The molecule has 0 fully saturated rings. The average Bonchev–Trinajstić information content (AvgIpc) is 3.00. The van der Waals surface area contributed by atoms with Crippen molar-refractivity contribution in [3.8, 4) is 0 Å².